The van der Waals surface area contributed by atoms with Gasteiger partial charge in [-0.3, -0.25) is 4.79 Å². The SMILES string of the molecule is O=C(Nc1ccc(Cl)c(Cl)c1)c1cnsn1. The molecule has 4 nitrogen and oxygen atoms in total. The van der Waals surface area contributed by atoms with Crippen molar-refractivity contribution in [1.82, 2.24) is 8.75 Å². The van der Waals surface area contributed by atoms with Crippen molar-refractivity contribution in [2.45, 2.75) is 0 Å². The third-order valence-electron chi connectivity index (χ3n) is 1.77. The maximum atomic E-state index is 11.6. The monoisotopic (exact) mass is 273 g/mol. The number of benzene rings is 1. The molecule has 0 aliphatic rings. The second-order valence-corrected chi connectivity index (χ2v) is 4.25. The van der Waals surface area contributed by atoms with Crippen LogP contribution in [0.2, 0.25) is 10.0 Å². The second-order valence-electron chi connectivity index (χ2n) is 2.88. The average Bonchev–Trinajstić information content (AvgIpc) is 2.77. The molecule has 0 radical (unpaired) electrons. The van der Waals surface area contributed by atoms with Crippen LogP contribution in [0.4, 0.5) is 5.69 Å². The summed E-state index contributed by atoms with van der Waals surface area (Å²) in [5, 5.41) is 3.46. The molecule has 0 fully saturated rings. The summed E-state index contributed by atoms with van der Waals surface area (Å²) in [4.78, 5) is 11.6. The van der Waals surface area contributed by atoms with Crippen LogP contribution < -0.4 is 5.32 Å². The first kappa shape index (κ1) is 11.3. The quantitative estimate of drug-likeness (QED) is 0.915. The number of nitrogens with one attached hydrogen (secondary N) is 1. The molecule has 16 heavy (non-hydrogen) atoms. The number of carbonyl (C=O) groups excluding carboxylic acids is 1. The Kier molecular flexibility index (Phi) is 3.38. The summed E-state index contributed by atoms with van der Waals surface area (Å²) < 4.78 is 7.55. The zero-order valence-electron chi connectivity index (χ0n) is 7.78. The summed E-state index contributed by atoms with van der Waals surface area (Å²) in [7, 11) is 0. The Morgan fingerprint density at radius 2 is 2.12 bits per heavy atom. The fraction of sp³-hybridized carbons (Fsp3) is 0. The van der Waals surface area contributed by atoms with E-state index in [1.165, 1.54) is 6.20 Å². The number of anilines is 1. The minimum Gasteiger partial charge on any atom is -0.321 e. The Morgan fingerprint density at radius 3 is 2.75 bits per heavy atom. The first-order valence-electron chi connectivity index (χ1n) is 4.21. The molecule has 2 rings (SSSR count). The van der Waals surface area contributed by atoms with Crippen molar-refractivity contribution >= 4 is 46.5 Å². The van der Waals surface area contributed by atoms with Gasteiger partial charge in [0.15, 0.2) is 5.69 Å². The maximum absolute atomic E-state index is 11.6. The van der Waals surface area contributed by atoms with Crippen molar-refractivity contribution in [3.63, 3.8) is 0 Å². The molecule has 1 N–H and O–H groups in total. The molecule has 0 aliphatic heterocycles. The van der Waals surface area contributed by atoms with Crippen LogP contribution in [-0.4, -0.2) is 14.7 Å². The van der Waals surface area contributed by atoms with Crippen LogP contribution in [-0.2, 0) is 0 Å². The Bertz CT molecular complexity index is 515. The molecule has 2 aromatic rings. The van der Waals surface area contributed by atoms with Gasteiger partial charge in [-0.25, -0.2) is 0 Å². The van der Waals surface area contributed by atoms with Crippen molar-refractivity contribution in [1.29, 1.82) is 0 Å². The van der Waals surface area contributed by atoms with Crippen molar-refractivity contribution in [3.05, 3.63) is 40.1 Å². The third-order valence-corrected chi connectivity index (χ3v) is 2.99. The highest BCUT2D eigenvalue weighted by atomic mass is 35.5. The lowest BCUT2D eigenvalue weighted by atomic mass is 10.3. The Labute approximate surface area is 106 Å². The fourth-order valence-electron chi connectivity index (χ4n) is 1.03. The number of hydrogen-bond acceptors (Lipinski definition) is 4. The number of hydrogen-bond donors (Lipinski definition) is 1. The number of amides is 1. The van der Waals surface area contributed by atoms with Crippen LogP contribution in [0.3, 0.4) is 0 Å². The van der Waals surface area contributed by atoms with Crippen molar-refractivity contribution < 1.29 is 4.79 Å². The van der Waals surface area contributed by atoms with Crippen LogP contribution in [0, 0.1) is 0 Å². The number of nitrogens with zero attached hydrogens (tertiary/aromatic N) is 2. The molecular formula is C9H5Cl2N3OS. The Hall–Kier alpha value is -1.17. The van der Waals surface area contributed by atoms with E-state index in [9.17, 15) is 4.79 Å². The van der Waals surface area contributed by atoms with Gasteiger partial charge in [-0.1, -0.05) is 23.2 Å². The van der Waals surface area contributed by atoms with Crippen LogP contribution in [0.15, 0.2) is 24.4 Å². The van der Waals surface area contributed by atoms with E-state index in [1.54, 1.807) is 18.2 Å². The zero-order chi connectivity index (χ0) is 11.5. The number of rotatable bonds is 2. The molecule has 0 spiro atoms. The molecule has 1 aromatic heterocycles. The second kappa shape index (κ2) is 4.78. The number of carbonyl (C=O) groups is 1. The lowest BCUT2D eigenvalue weighted by Gasteiger charge is -2.03. The minimum atomic E-state index is -0.327. The average molecular weight is 274 g/mol. The summed E-state index contributed by atoms with van der Waals surface area (Å²) in [5.41, 5.74) is 0.837. The van der Waals surface area contributed by atoms with Gasteiger partial charge in [0.1, 0.15) is 0 Å². The normalized spacial score (nSPS) is 10.1. The summed E-state index contributed by atoms with van der Waals surface area (Å²) in [6.07, 6.45) is 1.40. The van der Waals surface area contributed by atoms with E-state index in [0.29, 0.717) is 15.7 Å². The maximum Gasteiger partial charge on any atom is 0.277 e. The highest BCUT2D eigenvalue weighted by Gasteiger charge is 2.09. The van der Waals surface area contributed by atoms with Crippen LogP contribution >= 0.6 is 34.9 Å². The zero-order valence-corrected chi connectivity index (χ0v) is 10.1. The van der Waals surface area contributed by atoms with Gasteiger partial charge < -0.3 is 5.32 Å². The van der Waals surface area contributed by atoms with Crippen molar-refractivity contribution in [2.75, 3.05) is 5.32 Å². The van der Waals surface area contributed by atoms with Gasteiger partial charge in [0, 0.05) is 5.69 Å². The molecule has 7 heteroatoms. The highest BCUT2D eigenvalue weighted by Crippen LogP contribution is 2.25. The molecule has 0 saturated carbocycles. The van der Waals surface area contributed by atoms with Crippen molar-refractivity contribution in [3.8, 4) is 0 Å². The summed E-state index contributed by atoms with van der Waals surface area (Å²) >= 11 is 12.5. The van der Waals surface area contributed by atoms with E-state index in [1.807, 2.05) is 0 Å². The predicted octanol–water partition coefficient (Wildman–Crippen LogP) is 3.10. The number of halogens is 2. The Morgan fingerprint density at radius 1 is 1.31 bits per heavy atom. The number of aromatic nitrogens is 2. The standard InChI is InChI=1S/C9H5Cl2N3OS/c10-6-2-1-5(3-7(6)11)13-9(15)8-4-12-16-14-8/h1-4H,(H,13,15). The first-order valence-corrected chi connectivity index (χ1v) is 5.69. The van der Waals surface area contributed by atoms with Gasteiger partial charge >= 0.3 is 0 Å². The summed E-state index contributed by atoms with van der Waals surface area (Å²) in [5.74, 6) is -0.327. The van der Waals surface area contributed by atoms with Crippen LogP contribution in [0.25, 0.3) is 0 Å². The summed E-state index contributed by atoms with van der Waals surface area (Å²) in [6, 6.07) is 4.84. The Balaban J connectivity index is 2.15. The largest absolute Gasteiger partial charge is 0.321 e. The molecule has 82 valence electrons. The van der Waals surface area contributed by atoms with Gasteiger partial charge in [-0.05, 0) is 18.2 Å². The van der Waals surface area contributed by atoms with Gasteiger partial charge in [0.2, 0.25) is 0 Å². The van der Waals surface area contributed by atoms with E-state index >= 15 is 0 Å². The molecule has 0 bridgehead atoms. The van der Waals surface area contributed by atoms with E-state index in [-0.39, 0.29) is 11.6 Å². The highest BCUT2D eigenvalue weighted by molar-refractivity contribution is 6.99. The lowest BCUT2D eigenvalue weighted by Crippen LogP contribution is -2.11. The van der Waals surface area contributed by atoms with Crippen LogP contribution in [0.5, 0.6) is 0 Å². The first-order chi connectivity index (χ1) is 7.66. The van der Waals surface area contributed by atoms with Gasteiger partial charge in [-0.15, -0.1) is 0 Å². The molecule has 0 aliphatic carbocycles. The van der Waals surface area contributed by atoms with E-state index in [2.05, 4.69) is 14.1 Å². The molecule has 0 unspecified atom stereocenters. The fourth-order valence-corrected chi connectivity index (χ4v) is 1.74. The van der Waals surface area contributed by atoms with E-state index < -0.39 is 0 Å². The van der Waals surface area contributed by atoms with Crippen molar-refractivity contribution in [2.24, 2.45) is 0 Å². The molecule has 1 aromatic carbocycles. The van der Waals surface area contributed by atoms with Crippen LogP contribution in [0.1, 0.15) is 10.5 Å². The lowest BCUT2D eigenvalue weighted by molar-refractivity contribution is 0.102. The summed E-state index contributed by atoms with van der Waals surface area (Å²) in [6.45, 7) is 0. The predicted molar refractivity (Wildman–Crippen MR) is 64.3 cm³/mol. The molecule has 0 atom stereocenters. The minimum absolute atomic E-state index is 0.274. The molecule has 1 heterocycles. The third kappa shape index (κ3) is 2.49. The molecular weight excluding hydrogens is 269 g/mol. The van der Waals surface area contributed by atoms with Gasteiger partial charge in [-0.2, -0.15) is 8.75 Å². The molecule has 0 saturated heterocycles. The van der Waals surface area contributed by atoms with Gasteiger partial charge in [0.25, 0.3) is 5.91 Å². The molecule has 1 amide bonds. The van der Waals surface area contributed by atoms with E-state index in [0.717, 1.165) is 11.7 Å². The van der Waals surface area contributed by atoms with Gasteiger partial charge in [0.05, 0.1) is 28.0 Å². The topological polar surface area (TPSA) is 54.9 Å². The smallest absolute Gasteiger partial charge is 0.277 e. The van der Waals surface area contributed by atoms with E-state index in [4.69, 9.17) is 23.2 Å².